The molecule has 0 aliphatic rings. The molecule has 0 aliphatic heterocycles. The van der Waals surface area contributed by atoms with Gasteiger partial charge in [0, 0.05) is 6.54 Å². The fourth-order valence-corrected chi connectivity index (χ4v) is 2.45. The van der Waals surface area contributed by atoms with Crippen molar-refractivity contribution in [2.75, 3.05) is 6.54 Å². The fraction of sp³-hybridized carbons (Fsp3) is 1.00. The van der Waals surface area contributed by atoms with Gasteiger partial charge in [-0.1, -0.05) is 84.5 Å². The van der Waals surface area contributed by atoms with Gasteiger partial charge in [-0.25, -0.2) is 0 Å². The maximum atomic E-state index is 10.0. The minimum absolute atomic E-state index is 0.417. The number of hydroxylamine groups is 1. The zero-order valence-electron chi connectivity index (χ0n) is 13.6. The van der Waals surface area contributed by atoms with Crippen molar-refractivity contribution in [2.24, 2.45) is 5.92 Å². The Labute approximate surface area is 125 Å². The van der Waals surface area contributed by atoms with Gasteiger partial charge in [0.2, 0.25) is 0 Å². The first-order chi connectivity index (χ1) is 9.66. The van der Waals surface area contributed by atoms with Gasteiger partial charge >= 0.3 is 0 Å². The lowest BCUT2D eigenvalue weighted by atomic mass is 10.0. The lowest BCUT2D eigenvalue weighted by Crippen LogP contribution is -2.30. The van der Waals surface area contributed by atoms with E-state index in [0.29, 0.717) is 11.7 Å². The summed E-state index contributed by atoms with van der Waals surface area (Å²) in [5, 5.41) is 19.5. The molecule has 0 aromatic carbocycles. The standard InChI is InChI=1S/C16H35N2O2/c1-16(2)14-12-10-8-6-4-3-5-7-9-11-13-15-18(20)17-19/h16-17,20H,3-15H2,1-2H3/q-1. The highest BCUT2D eigenvalue weighted by molar-refractivity contribution is 4.51. The zero-order chi connectivity index (χ0) is 15.1. The lowest BCUT2D eigenvalue weighted by Gasteiger charge is -2.18. The number of nitrogens with zero attached hydrogens (tertiary/aromatic N) is 1. The first kappa shape index (κ1) is 19.8. The second kappa shape index (κ2) is 15.2. The molecule has 0 aliphatic carbocycles. The summed E-state index contributed by atoms with van der Waals surface area (Å²) in [6.07, 6.45) is 15.5. The Morgan fingerprint density at radius 3 is 1.60 bits per heavy atom. The predicted octanol–water partition coefficient (Wildman–Crippen LogP) is 5.02. The molecule has 0 aromatic heterocycles. The van der Waals surface area contributed by atoms with Gasteiger partial charge in [0.25, 0.3) is 0 Å². The summed E-state index contributed by atoms with van der Waals surface area (Å²) in [6.45, 7) is 5.02. The summed E-state index contributed by atoms with van der Waals surface area (Å²) in [4.78, 5) is 0. The van der Waals surface area contributed by atoms with Crippen LogP contribution in [0, 0.1) is 11.1 Å². The van der Waals surface area contributed by atoms with E-state index in [0.717, 1.165) is 18.8 Å². The van der Waals surface area contributed by atoms with E-state index in [1.54, 1.807) is 0 Å². The lowest BCUT2D eigenvalue weighted by molar-refractivity contribution is -0.125. The summed E-state index contributed by atoms with van der Waals surface area (Å²) in [7, 11) is 0. The molecule has 0 atom stereocenters. The quantitative estimate of drug-likeness (QED) is 0.328. The molecule has 2 N–H and O–H groups in total. The van der Waals surface area contributed by atoms with Crippen molar-refractivity contribution in [1.82, 2.24) is 10.8 Å². The molecular weight excluding hydrogens is 252 g/mol. The molecule has 4 heteroatoms. The van der Waals surface area contributed by atoms with Gasteiger partial charge in [-0.05, 0) is 12.3 Å². The van der Waals surface area contributed by atoms with Gasteiger partial charge in [-0.2, -0.15) is 0 Å². The van der Waals surface area contributed by atoms with Crippen LogP contribution in [0.3, 0.4) is 0 Å². The van der Waals surface area contributed by atoms with Crippen LogP contribution in [0.4, 0.5) is 0 Å². The number of rotatable bonds is 15. The van der Waals surface area contributed by atoms with Crippen LogP contribution in [0.15, 0.2) is 0 Å². The molecule has 0 amide bonds. The number of hydrogen-bond acceptors (Lipinski definition) is 4. The molecule has 0 saturated carbocycles. The third kappa shape index (κ3) is 15.9. The molecule has 0 saturated heterocycles. The molecule has 0 heterocycles. The van der Waals surface area contributed by atoms with E-state index in [-0.39, 0.29) is 0 Å². The van der Waals surface area contributed by atoms with Crippen LogP contribution >= 0.6 is 0 Å². The van der Waals surface area contributed by atoms with E-state index in [9.17, 15) is 5.21 Å². The average molecular weight is 287 g/mol. The van der Waals surface area contributed by atoms with Crippen molar-refractivity contribution in [3.63, 3.8) is 0 Å². The Morgan fingerprint density at radius 2 is 1.20 bits per heavy atom. The Bertz CT molecular complexity index is 189. The molecule has 0 rings (SSSR count). The Hall–Kier alpha value is -0.160. The number of nitrogens with one attached hydrogen (secondary N) is 1. The predicted molar refractivity (Wildman–Crippen MR) is 85.2 cm³/mol. The van der Waals surface area contributed by atoms with Crippen LogP contribution in [0.5, 0.6) is 0 Å². The second-order valence-electron chi connectivity index (χ2n) is 6.29. The van der Waals surface area contributed by atoms with E-state index >= 15 is 0 Å². The Morgan fingerprint density at radius 1 is 0.800 bits per heavy atom. The monoisotopic (exact) mass is 287 g/mol. The van der Waals surface area contributed by atoms with E-state index in [1.807, 2.05) is 0 Å². The first-order valence-electron chi connectivity index (χ1n) is 8.51. The number of unbranched alkanes of at least 4 members (excludes halogenated alkanes) is 10. The van der Waals surface area contributed by atoms with Gasteiger partial charge in [-0.15, -0.1) is 5.17 Å². The van der Waals surface area contributed by atoms with E-state index in [1.165, 1.54) is 69.8 Å². The third-order valence-corrected chi connectivity index (χ3v) is 3.76. The van der Waals surface area contributed by atoms with Crippen LogP contribution in [-0.2, 0) is 0 Å². The van der Waals surface area contributed by atoms with Gasteiger partial charge in [0.15, 0.2) is 0 Å². The second-order valence-corrected chi connectivity index (χ2v) is 6.29. The third-order valence-electron chi connectivity index (χ3n) is 3.76. The van der Waals surface area contributed by atoms with Crippen molar-refractivity contribution in [1.29, 1.82) is 0 Å². The van der Waals surface area contributed by atoms with Gasteiger partial charge in [-0.3, -0.25) is 5.21 Å². The highest BCUT2D eigenvalue weighted by Crippen LogP contribution is 2.13. The summed E-state index contributed by atoms with van der Waals surface area (Å²) in [6, 6.07) is 0. The van der Waals surface area contributed by atoms with Crippen LogP contribution in [-0.4, -0.2) is 16.9 Å². The number of hydrazine groups is 1. The highest BCUT2D eigenvalue weighted by atomic mass is 16.7. The Balaban J connectivity index is 2.99. The molecule has 0 fully saturated rings. The number of hydrogen-bond donors (Lipinski definition) is 2. The molecule has 0 unspecified atom stereocenters. The SMILES string of the molecule is CC(C)CCCCCCCCCCCCCN(O)N[O-]. The minimum atomic E-state index is 0.417. The maximum Gasteiger partial charge on any atom is 0.0388 e. The molecule has 0 aromatic rings. The van der Waals surface area contributed by atoms with Gasteiger partial charge in [0.05, 0.1) is 0 Å². The molecular formula is C16H35N2O2-. The van der Waals surface area contributed by atoms with E-state index in [4.69, 9.17) is 5.21 Å². The summed E-state index contributed by atoms with van der Waals surface area (Å²) < 4.78 is 0. The van der Waals surface area contributed by atoms with E-state index in [2.05, 4.69) is 13.8 Å². The van der Waals surface area contributed by atoms with Gasteiger partial charge < -0.3 is 10.8 Å². The molecule has 4 nitrogen and oxygen atoms in total. The van der Waals surface area contributed by atoms with Gasteiger partial charge in [0.1, 0.15) is 0 Å². The zero-order valence-corrected chi connectivity index (χ0v) is 13.6. The van der Waals surface area contributed by atoms with Crippen molar-refractivity contribution in [2.45, 2.75) is 90.9 Å². The van der Waals surface area contributed by atoms with E-state index < -0.39 is 0 Å². The smallest absolute Gasteiger partial charge is 0.0388 e. The van der Waals surface area contributed by atoms with Crippen LogP contribution in [0.2, 0.25) is 0 Å². The average Bonchev–Trinajstić information content (AvgIpc) is 2.43. The largest absolute Gasteiger partial charge is 0.773 e. The van der Waals surface area contributed by atoms with Crippen LogP contribution in [0.25, 0.3) is 0 Å². The minimum Gasteiger partial charge on any atom is -0.773 e. The highest BCUT2D eigenvalue weighted by Gasteiger charge is 1.96. The molecule has 0 spiro atoms. The maximum absolute atomic E-state index is 10.0. The molecule has 0 radical (unpaired) electrons. The normalized spacial score (nSPS) is 11.7. The molecule has 122 valence electrons. The van der Waals surface area contributed by atoms with Crippen molar-refractivity contribution >= 4 is 0 Å². The van der Waals surface area contributed by atoms with Crippen molar-refractivity contribution < 1.29 is 5.21 Å². The summed E-state index contributed by atoms with van der Waals surface area (Å²) in [5.74, 6) is 0.859. The fourth-order valence-electron chi connectivity index (χ4n) is 2.45. The topological polar surface area (TPSA) is 58.6 Å². The van der Waals surface area contributed by atoms with Crippen molar-refractivity contribution in [3.05, 3.63) is 5.21 Å². The molecule has 20 heavy (non-hydrogen) atoms. The molecule has 0 bridgehead atoms. The summed E-state index contributed by atoms with van der Waals surface area (Å²) >= 11 is 0. The Kier molecular flexibility index (Phi) is 15.1. The van der Waals surface area contributed by atoms with Crippen LogP contribution < -0.4 is 5.59 Å². The van der Waals surface area contributed by atoms with Crippen LogP contribution in [0.1, 0.15) is 90.9 Å². The first-order valence-corrected chi connectivity index (χ1v) is 8.51. The summed E-state index contributed by atoms with van der Waals surface area (Å²) in [5.41, 5.74) is 1.45. The van der Waals surface area contributed by atoms with Crippen molar-refractivity contribution in [3.8, 4) is 0 Å².